The average molecular weight is 380 g/mol. The van der Waals surface area contributed by atoms with Gasteiger partial charge in [-0.2, -0.15) is 0 Å². The molecule has 2 aromatic heterocycles. The Kier molecular flexibility index (Phi) is 4.43. The number of aryl methyl sites for hydroxylation is 1. The normalized spacial score (nSPS) is 18.4. The van der Waals surface area contributed by atoms with E-state index in [2.05, 4.69) is 31.9 Å². The highest BCUT2D eigenvalue weighted by atomic mass is 16.1. The summed E-state index contributed by atoms with van der Waals surface area (Å²) in [5.74, 6) is 1.11. The Morgan fingerprint density at radius 3 is 2.57 bits per heavy atom. The van der Waals surface area contributed by atoms with Crippen molar-refractivity contribution in [3.8, 4) is 0 Å². The topological polar surface area (TPSA) is 57.2 Å². The van der Waals surface area contributed by atoms with Crippen molar-refractivity contribution < 1.29 is 1.43 Å². The third kappa shape index (κ3) is 3.22. The molecule has 2 fully saturated rings. The second-order valence-corrected chi connectivity index (χ2v) is 8.41. The molecule has 148 valence electrons. The van der Waals surface area contributed by atoms with E-state index >= 15 is 0 Å². The number of nitrogens with zero attached hydrogens (tertiary/aromatic N) is 4. The summed E-state index contributed by atoms with van der Waals surface area (Å²) in [6.45, 7) is 6.70. The van der Waals surface area contributed by atoms with E-state index in [1.807, 2.05) is 41.1 Å². The van der Waals surface area contributed by atoms with Crippen molar-refractivity contribution in [2.24, 2.45) is 5.41 Å². The summed E-state index contributed by atoms with van der Waals surface area (Å²) in [4.78, 5) is 24.4. The van der Waals surface area contributed by atoms with Gasteiger partial charge in [0.2, 0.25) is 0 Å². The van der Waals surface area contributed by atoms with E-state index in [4.69, 9.17) is 0 Å². The van der Waals surface area contributed by atoms with Crippen LogP contribution in [0.5, 0.6) is 0 Å². The zero-order valence-electron chi connectivity index (χ0n) is 16.2. The molecule has 1 spiro atoms. The smallest absolute Gasteiger partial charge is 0.326 e. The Morgan fingerprint density at radius 1 is 0.964 bits per heavy atom. The summed E-state index contributed by atoms with van der Waals surface area (Å²) >= 11 is 0. The quantitative estimate of drug-likeness (QED) is 0.641. The number of imidazole rings is 1. The summed E-state index contributed by atoms with van der Waals surface area (Å²) in [7, 11) is 0. The third-order valence-electron chi connectivity index (χ3n) is 6.18. The van der Waals surface area contributed by atoms with Crippen LogP contribution >= 0.6 is 0 Å². The lowest BCUT2D eigenvalue weighted by molar-refractivity contribution is -0.0227. The molecule has 0 amide bonds. The molecule has 0 unspecified atom stereocenters. The van der Waals surface area contributed by atoms with Crippen LogP contribution in [-0.4, -0.2) is 52.2 Å². The van der Waals surface area contributed by atoms with Crippen LogP contribution in [0.25, 0.3) is 11.0 Å². The summed E-state index contributed by atoms with van der Waals surface area (Å²) in [5.41, 5.74) is 2.46. The summed E-state index contributed by atoms with van der Waals surface area (Å²) < 4.78 is 1.87. The van der Waals surface area contributed by atoms with E-state index in [-0.39, 0.29) is 7.12 Å². The number of nitrogens with one attached hydrogen (secondary N) is 1. The first-order valence-electron chi connectivity index (χ1n) is 10.3. The monoisotopic (exact) mass is 379 g/mol. The molecule has 0 bridgehead atoms. The van der Waals surface area contributed by atoms with E-state index in [0.717, 1.165) is 49.3 Å². The molecule has 2 aliphatic rings. The molecule has 6 nitrogen and oxygen atoms in total. The standard InChI is InChI=1S/C22H27N5O.H2/c28-21-24-18-8-2-3-9-19(18)27(21)13-7-1-6-12-25-14-22(15-25)16-26(17-22)20-10-4-5-11-23-20;/h2-5,8-11H,1,6-7,12-17H2,(H,24,28);1H. The first kappa shape index (κ1) is 17.5. The van der Waals surface area contributed by atoms with E-state index in [9.17, 15) is 4.79 Å². The van der Waals surface area contributed by atoms with Crippen molar-refractivity contribution in [2.75, 3.05) is 37.6 Å². The van der Waals surface area contributed by atoms with Crippen LogP contribution in [0.3, 0.4) is 0 Å². The fourth-order valence-corrected chi connectivity index (χ4v) is 4.84. The Bertz CT molecular complexity index is 1000. The maximum atomic E-state index is 12.1. The number of benzene rings is 1. The van der Waals surface area contributed by atoms with E-state index in [1.54, 1.807) is 0 Å². The Morgan fingerprint density at radius 2 is 1.75 bits per heavy atom. The van der Waals surface area contributed by atoms with Gasteiger partial charge in [0.05, 0.1) is 11.0 Å². The lowest BCUT2D eigenvalue weighted by Gasteiger charge is -2.60. The average Bonchev–Trinajstić information content (AvgIpc) is 2.97. The van der Waals surface area contributed by atoms with Gasteiger partial charge in [0.1, 0.15) is 5.82 Å². The fraction of sp³-hybridized carbons (Fsp3) is 0.455. The van der Waals surface area contributed by atoms with E-state index < -0.39 is 0 Å². The van der Waals surface area contributed by atoms with E-state index in [0.29, 0.717) is 5.41 Å². The van der Waals surface area contributed by atoms with Gasteiger partial charge in [-0.1, -0.05) is 24.6 Å². The van der Waals surface area contributed by atoms with Gasteiger partial charge in [-0.15, -0.1) is 0 Å². The fourth-order valence-electron chi connectivity index (χ4n) is 4.84. The maximum absolute atomic E-state index is 12.1. The number of H-pyrrole nitrogens is 1. The predicted molar refractivity (Wildman–Crippen MR) is 114 cm³/mol. The largest absolute Gasteiger partial charge is 0.355 e. The van der Waals surface area contributed by atoms with Crippen LogP contribution in [0.2, 0.25) is 0 Å². The first-order chi connectivity index (χ1) is 13.7. The zero-order valence-corrected chi connectivity index (χ0v) is 16.2. The molecule has 2 saturated heterocycles. The second-order valence-electron chi connectivity index (χ2n) is 8.41. The van der Waals surface area contributed by atoms with Crippen LogP contribution in [0.4, 0.5) is 5.82 Å². The molecule has 1 aromatic carbocycles. The molecule has 5 rings (SSSR count). The maximum Gasteiger partial charge on any atom is 0.326 e. The van der Waals surface area contributed by atoms with Crippen LogP contribution in [-0.2, 0) is 6.54 Å². The molecule has 4 heterocycles. The van der Waals surface area contributed by atoms with E-state index in [1.165, 1.54) is 26.1 Å². The minimum atomic E-state index is 0. The minimum Gasteiger partial charge on any atom is -0.355 e. The number of fused-ring (bicyclic) bond motifs is 1. The predicted octanol–water partition coefficient (Wildman–Crippen LogP) is 2.96. The SMILES string of the molecule is O=c1[nH]c2ccccc2n1CCCCCN1CC2(C1)CN(c1ccccn1)C2.[HH]. The number of aromatic amines is 1. The van der Waals surface area contributed by atoms with Crippen molar-refractivity contribution in [3.63, 3.8) is 0 Å². The summed E-state index contributed by atoms with van der Waals surface area (Å²) in [6.07, 6.45) is 5.29. The van der Waals surface area contributed by atoms with Crippen LogP contribution in [0, 0.1) is 5.41 Å². The van der Waals surface area contributed by atoms with Crippen molar-refractivity contribution in [1.82, 2.24) is 19.4 Å². The molecule has 0 saturated carbocycles. The van der Waals surface area contributed by atoms with Gasteiger partial charge in [-0.05, 0) is 43.7 Å². The Balaban J connectivity index is 0.00000205. The molecule has 3 aromatic rings. The molecule has 0 aliphatic carbocycles. The zero-order chi connectivity index (χ0) is 19.0. The lowest BCUT2D eigenvalue weighted by atomic mass is 9.72. The van der Waals surface area contributed by atoms with Gasteiger partial charge in [-0.25, -0.2) is 9.78 Å². The number of anilines is 1. The van der Waals surface area contributed by atoms with Gasteiger partial charge in [0, 0.05) is 45.8 Å². The molecule has 2 aliphatic heterocycles. The number of aromatic nitrogens is 3. The molecule has 0 atom stereocenters. The molecular weight excluding hydrogens is 350 g/mol. The van der Waals surface area contributed by atoms with Crippen molar-refractivity contribution in [2.45, 2.75) is 25.8 Å². The van der Waals surface area contributed by atoms with Crippen molar-refractivity contribution >= 4 is 16.9 Å². The van der Waals surface area contributed by atoms with Crippen molar-refractivity contribution in [1.29, 1.82) is 0 Å². The van der Waals surface area contributed by atoms with Crippen LogP contribution in [0.15, 0.2) is 53.5 Å². The number of hydrogen-bond donors (Lipinski definition) is 1. The number of likely N-dealkylation sites (tertiary alicyclic amines) is 1. The lowest BCUT2D eigenvalue weighted by Crippen LogP contribution is -2.72. The van der Waals surface area contributed by atoms with Gasteiger partial charge >= 0.3 is 5.69 Å². The van der Waals surface area contributed by atoms with Crippen LogP contribution in [0.1, 0.15) is 20.7 Å². The third-order valence-corrected chi connectivity index (χ3v) is 6.18. The van der Waals surface area contributed by atoms with Gasteiger partial charge < -0.3 is 14.8 Å². The number of unbranched alkanes of at least 4 members (excludes halogenated alkanes) is 2. The number of pyridine rings is 1. The van der Waals surface area contributed by atoms with Gasteiger partial charge in [0.15, 0.2) is 0 Å². The Labute approximate surface area is 166 Å². The van der Waals surface area contributed by atoms with Crippen LogP contribution < -0.4 is 10.6 Å². The number of hydrogen-bond acceptors (Lipinski definition) is 4. The highest BCUT2D eigenvalue weighted by molar-refractivity contribution is 5.74. The number of para-hydroxylation sites is 2. The number of rotatable bonds is 7. The van der Waals surface area contributed by atoms with Gasteiger partial charge in [-0.3, -0.25) is 4.57 Å². The Hall–Kier alpha value is -2.60. The first-order valence-corrected chi connectivity index (χ1v) is 10.3. The molecule has 1 N–H and O–H groups in total. The minimum absolute atomic E-state index is 0. The highest BCUT2D eigenvalue weighted by Crippen LogP contribution is 2.41. The van der Waals surface area contributed by atoms with Gasteiger partial charge in [0.25, 0.3) is 0 Å². The summed E-state index contributed by atoms with van der Waals surface area (Å²) in [5, 5.41) is 0. The summed E-state index contributed by atoms with van der Waals surface area (Å²) in [6, 6.07) is 14.1. The van der Waals surface area contributed by atoms with Crippen molar-refractivity contribution in [3.05, 3.63) is 59.1 Å². The second kappa shape index (κ2) is 7.09. The molecule has 0 radical (unpaired) electrons. The highest BCUT2D eigenvalue weighted by Gasteiger charge is 2.51. The molecule has 6 heteroatoms. The molecular formula is C22H29N5O. The molecule has 28 heavy (non-hydrogen) atoms.